The fourth-order valence-electron chi connectivity index (χ4n) is 7.58. The van der Waals surface area contributed by atoms with Crippen LogP contribution in [0.25, 0.3) is 0 Å². The lowest BCUT2D eigenvalue weighted by Gasteiger charge is -2.28. The topological polar surface area (TPSA) is 283 Å². The fraction of sp³-hybridized carbons (Fsp3) is 0.659. The highest BCUT2D eigenvalue weighted by Crippen LogP contribution is 2.45. The Morgan fingerprint density at radius 2 is 1.52 bits per heavy atom. The minimum Gasteiger partial charge on any atom is -0.394 e. The van der Waals surface area contributed by atoms with Crippen LogP contribution in [0.5, 0.6) is 0 Å². The number of hydrogen-bond acceptors (Lipinski definition) is 12. The first-order chi connectivity index (χ1) is 31.0. The molecular formula is C44H71N8O12P. The SMILES string of the molecule is COCCCOP(=O)(O)O[C@H](C)[C@H](NC(=O)[C@H](CO)NC(=O)[C@H](Cc1cncn1CCCCCCCCc1ccccc1)NC(=O)[C@H](CC(C)C)NC(=O)[C@@H]1CCCN1C(C)=O)C(N)=O. The maximum Gasteiger partial charge on any atom is 0.472 e. The van der Waals surface area contributed by atoms with Crippen LogP contribution < -0.4 is 27.0 Å². The smallest absolute Gasteiger partial charge is 0.394 e. The van der Waals surface area contributed by atoms with E-state index >= 15 is 0 Å². The Bertz CT molecular complexity index is 1870. The number of methoxy groups -OCH3 is 1. The molecule has 2 heterocycles. The number of aromatic nitrogens is 2. The van der Waals surface area contributed by atoms with Crippen LogP contribution in [0.3, 0.4) is 0 Å². The number of rotatable bonds is 31. The molecule has 0 aliphatic carbocycles. The second-order valence-corrected chi connectivity index (χ2v) is 18.3. The molecule has 20 nitrogen and oxygen atoms in total. The molecular weight excluding hydrogens is 864 g/mol. The van der Waals surface area contributed by atoms with E-state index in [-0.39, 0.29) is 44.3 Å². The fourth-order valence-corrected chi connectivity index (χ4v) is 8.55. The number of aryl methyl sites for hydroxylation is 2. The number of carbonyl (C=O) groups excluding carboxylic acids is 6. The van der Waals surface area contributed by atoms with Crippen LogP contribution in [0.1, 0.15) is 103 Å². The third-order valence-electron chi connectivity index (χ3n) is 11.0. The normalized spacial score (nSPS) is 17.0. The molecule has 0 saturated carbocycles. The third kappa shape index (κ3) is 19.3. The summed E-state index contributed by atoms with van der Waals surface area (Å²) in [5.74, 6) is -4.68. The first-order valence-electron chi connectivity index (χ1n) is 22.5. The maximum absolute atomic E-state index is 14.2. The van der Waals surface area contributed by atoms with Gasteiger partial charge < -0.3 is 51.2 Å². The Morgan fingerprint density at radius 3 is 2.17 bits per heavy atom. The average Bonchev–Trinajstić information content (AvgIpc) is 3.94. The molecule has 3 rings (SSSR count). The summed E-state index contributed by atoms with van der Waals surface area (Å²) in [6, 6.07) is 3.73. The molecule has 6 amide bonds. The van der Waals surface area contributed by atoms with Crippen molar-refractivity contribution in [2.24, 2.45) is 11.7 Å². The number of phosphoric acid groups is 1. The molecule has 1 aliphatic heterocycles. The summed E-state index contributed by atoms with van der Waals surface area (Å²) in [7, 11) is -3.29. The summed E-state index contributed by atoms with van der Waals surface area (Å²) < 4.78 is 29.2. The number of nitrogens with zero attached hydrogens (tertiary/aromatic N) is 3. The van der Waals surface area contributed by atoms with Crippen LogP contribution in [0.4, 0.5) is 0 Å². The highest BCUT2D eigenvalue weighted by atomic mass is 31.2. The number of carbonyl (C=O) groups is 6. The van der Waals surface area contributed by atoms with E-state index in [1.54, 1.807) is 12.5 Å². The Kier molecular flexibility index (Phi) is 23.8. The lowest BCUT2D eigenvalue weighted by Crippen LogP contribution is -2.61. The van der Waals surface area contributed by atoms with E-state index in [4.69, 9.17) is 19.5 Å². The zero-order chi connectivity index (χ0) is 47.9. The van der Waals surface area contributed by atoms with Crippen molar-refractivity contribution in [3.63, 3.8) is 0 Å². The van der Waals surface area contributed by atoms with E-state index in [9.17, 15) is 43.3 Å². The minimum absolute atomic E-state index is 0.0786. The van der Waals surface area contributed by atoms with Crippen molar-refractivity contribution in [1.29, 1.82) is 0 Å². The minimum atomic E-state index is -4.73. The summed E-state index contributed by atoms with van der Waals surface area (Å²) in [5.41, 5.74) is 7.43. The van der Waals surface area contributed by atoms with Crippen molar-refractivity contribution in [2.75, 3.05) is 33.5 Å². The van der Waals surface area contributed by atoms with E-state index in [1.807, 2.05) is 36.6 Å². The summed E-state index contributed by atoms with van der Waals surface area (Å²) in [5, 5.41) is 20.5. The second-order valence-electron chi connectivity index (χ2n) is 16.9. The van der Waals surface area contributed by atoms with E-state index < -0.39 is 80.3 Å². The molecule has 1 fully saturated rings. The van der Waals surface area contributed by atoms with Gasteiger partial charge in [-0.2, -0.15) is 0 Å². The second kappa shape index (κ2) is 28.3. The number of aliphatic hydroxyl groups excluding tert-OH is 1. The van der Waals surface area contributed by atoms with Gasteiger partial charge in [-0.25, -0.2) is 9.55 Å². The number of likely N-dealkylation sites (tertiary alicyclic amines) is 1. The standard InChI is InChI=1S/C44H71N8O12P/c1-30(2)25-35(48-44(59)38-20-15-22-52(38)32(4)54)41(56)47-36(26-34-27-46-29-51(34)21-14-9-7-6-8-11-17-33-18-12-10-13-19-33)42(57)49-37(28-53)43(58)50-39(40(45)55)31(3)64-65(60,61)63-24-16-23-62-5/h10,12-13,18-19,27,29-31,35-39,53H,6-9,11,14-17,20-26,28H2,1-5H3,(H2,45,55)(H,47,56)(H,48,59)(H,49,57)(H,50,58)(H,60,61)/t31-,35+,36+,37+,38+,39+/m1/s1. The maximum atomic E-state index is 14.2. The number of nitrogens with two attached hydrogens (primary N) is 1. The predicted molar refractivity (Wildman–Crippen MR) is 240 cm³/mol. The molecule has 1 unspecified atom stereocenters. The Hall–Kier alpha value is -4.72. The van der Waals surface area contributed by atoms with Crippen LogP contribution in [0.2, 0.25) is 0 Å². The number of ether oxygens (including phenoxy) is 1. The molecule has 1 aromatic carbocycles. The van der Waals surface area contributed by atoms with Crippen LogP contribution >= 0.6 is 7.82 Å². The van der Waals surface area contributed by atoms with Crippen LogP contribution in [-0.2, 0) is 66.5 Å². The van der Waals surface area contributed by atoms with Crippen molar-refractivity contribution in [3.05, 3.63) is 54.1 Å². The molecule has 65 heavy (non-hydrogen) atoms. The van der Waals surface area contributed by atoms with Crippen molar-refractivity contribution < 1.29 is 57.1 Å². The van der Waals surface area contributed by atoms with Gasteiger partial charge in [0.05, 0.1) is 25.6 Å². The number of phosphoric ester groups is 1. The van der Waals surface area contributed by atoms with Gasteiger partial charge in [-0.1, -0.05) is 69.9 Å². The molecule has 0 spiro atoms. The number of primary amides is 1. The molecule has 1 aromatic heterocycles. The van der Waals surface area contributed by atoms with Crippen molar-refractivity contribution in [1.82, 2.24) is 35.7 Å². The zero-order valence-corrected chi connectivity index (χ0v) is 39.3. The van der Waals surface area contributed by atoms with Gasteiger partial charge in [0.1, 0.15) is 30.2 Å². The monoisotopic (exact) mass is 934 g/mol. The number of imidazole rings is 1. The highest BCUT2D eigenvalue weighted by molar-refractivity contribution is 7.47. The van der Waals surface area contributed by atoms with E-state index in [0.717, 1.165) is 44.9 Å². The first kappa shape index (κ1) is 54.6. The quantitative estimate of drug-likeness (QED) is 0.0422. The number of aliphatic hydroxyl groups is 1. The molecule has 1 aliphatic rings. The van der Waals surface area contributed by atoms with Gasteiger partial charge in [0.2, 0.25) is 35.4 Å². The summed E-state index contributed by atoms with van der Waals surface area (Å²) in [6.45, 7) is 6.36. The van der Waals surface area contributed by atoms with Crippen LogP contribution in [0, 0.1) is 5.92 Å². The molecule has 7 atom stereocenters. The number of hydrogen-bond donors (Lipinski definition) is 7. The van der Waals surface area contributed by atoms with Gasteiger partial charge >= 0.3 is 7.82 Å². The lowest BCUT2D eigenvalue weighted by atomic mass is 10.0. The molecule has 0 bridgehead atoms. The van der Waals surface area contributed by atoms with E-state index in [1.165, 1.54) is 31.4 Å². The molecule has 2 aromatic rings. The van der Waals surface area contributed by atoms with Gasteiger partial charge in [-0.3, -0.25) is 37.8 Å². The van der Waals surface area contributed by atoms with Gasteiger partial charge in [-0.15, -0.1) is 0 Å². The molecule has 8 N–H and O–H groups in total. The first-order valence-corrected chi connectivity index (χ1v) is 24.0. The summed E-state index contributed by atoms with van der Waals surface area (Å²) in [6.07, 6.45) is 10.3. The van der Waals surface area contributed by atoms with Crippen molar-refractivity contribution in [3.8, 4) is 0 Å². The number of amides is 6. The molecule has 364 valence electrons. The van der Waals surface area contributed by atoms with Gasteiger partial charge in [0.15, 0.2) is 0 Å². The third-order valence-corrected chi connectivity index (χ3v) is 12.1. The van der Waals surface area contributed by atoms with Gasteiger partial charge in [0.25, 0.3) is 0 Å². The van der Waals surface area contributed by atoms with Crippen LogP contribution in [0.15, 0.2) is 42.9 Å². The largest absolute Gasteiger partial charge is 0.472 e. The average molecular weight is 935 g/mol. The Balaban J connectivity index is 1.76. The lowest BCUT2D eigenvalue weighted by molar-refractivity contribution is -0.139. The van der Waals surface area contributed by atoms with Crippen molar-refractivity contribution >= 4 is 43.3 Å². The van der Waals surface area contributed by atoms with Gasteiger partial charge in [0, 0.05) is 52.0 Å². The molecule has 0 radical (unpaired) electrons. The van der Waals surface area contributed by atoms with E-state index in [2.05, 4.69) is 38.4 Å². The summed E-state index contributed by atoms with van der Waals surface area (Å²) >= 11 is 0. The number of unbranched alkanes of at least 4 members (excludes halogenated alkanes) is 5. The molecule has 21 heteroatoms. The van der Waals surface area contributed by atoms with Crippen molar-refractivity contribution in [2.45, 2.75) is 148 Å². The highest BCUT2D eigenvalue weighted by Gasteiger charge is 2.38. The zero-order valence-electron chi connectivity index (χ0n) is 38.4. The Labute approximate surface area is 382 Å². The van der Waals surface area contributed by atoms with Gasteiger partial charge in [-0.05, 0) is 63.4 Å². The number of nitrogens with one attached hydrogen (secondary N) is 4. The molecule has 1 saturated heterocycles. The Morgan fingerprint density at radius 1 is 0.877 bits per heavy atom. The predicted octanol–water partition coefficient (Wildman–Crippen LogP) is 2.04. The van der Waals surface area contributed by atoms with E-state index in [0.29, 0.717) is 31.6 Å². The summed E-state index contributed by atoms with van der Waals surface area (Å²) in [4.78, 5) is 95.9. The number of benzene rings is 1. The van der Waals surface area contributed by atoms with Crippen LogP contribution in [-0.4, -0.2) is 130 Å².